The van der Waals surface area contributed by atoms with Gasteiger partial charge in [-0.05, 0) is 64.3 Å². The van der Waals surface area contributed by atoms with E-state index in [0.29, 0.717) is 12.1 Å². The molecule has 2 aromatic carbocycles. The Labute approximate surface area is 164 Å². The number of methoxy groups -OCH3 is 1. The quantitative estimate of drug-likeness (QED) is 0.613. The summed E-state index contributed by atoms with van der Waals surface area (Å²) in [6, 6.07) is 13.5. The van der Waals surface area contributed by atoms with Crippen LogP contribution in [0.1, 0.15) is 22.3 Å². The molecule has 1 aromatic heterocycles. The number of rotatable bonds is 7. The highest BCUT2D eigenvalue weighted by molar-refractivity contribution is 7.22. The van der Waals surface area contributed by atoms with E-state index < -0.39 is 0 Å². The first-order chi connectivity index (χ1) is 13.0. The van der Waals surface area contributed by atoms with E-state index in [0.717, 1.165) is 39.6 Å². The fourth-order valence-corrected chi connectivity index (χ4v) is 3.92. The Balaban J connectivity index is 1.94. The predicted octanol–water partition coefficient (Wildman–Crippen LogP) is 4.21. The summed E-state index contributed by atoms with van der Waals surface area (Å²) in [6.45, 7) is 3.54. The van der Waals surface area contributed by atoms with Crippen molar-refractivity contribution in [2.45, 2.75) is 13.3 Å². The van der Waals surface area contributed by atoms with Crippen molar-refractivity contribution >= 4 is 32.6 Å². The molecule has 27 heavy (non-hydrogen) atoms. The van der Waals surface area contributed by atoms with Gasteiger partial charge in [0.05, 0.1) is 17.3 Å². The lowest BCUT2D eigenvalue weighted by Gasteiger charge is -2.21. The van der Waals surface area contributed by atoms with Crippen molar-refractivity contribution in [3.63, 3.8) is 0 Å². The molecule has 0 N–H and O–H groups in total. The van der Waals surface area contributed by atoms with Crippen LogP contribution in [0, 0.1) is 6.92 Å². The van der Waals surface area contributed by atoms with Crippen LogP contribution < -0.4 is 9.64 Å². The van der Waals surface area contributed by atoms with Gasteiger partial charge in [0.2, 0.25) is 0 Å². The van der Waals surface area contributed by atoms with Crippen molar-refractivity contribution in [1.82, 2.24) is 9.88 Å². The highest BCUT2D eigenvalue weighted by Gasteiger charge is 2.21. The molecule has 142 valence electrons. The number of thiazole rings is 1. The van der Waals surface area contributed by atoms with Gasteiger partial charge in [-0.2, -0.15) is 0 Å². The van der Waals surface area contributed by atoms with Crippen LogP contribution in [0.3, 0.4) is 0 Å². The molecular weight excluding hydrogens is 358 g/mol. The van der Waals surface area contributed by atoms with Crippen LogP contribution in [0.25, 0.3) is 10.2 Å². The second-order valence-corrected chi connectivity index (χ2v) is 7.82. The van der Waals surface area contributed by atoms with E-state index in [9.17, 15) is 4.79 Å². The third-order valence-corrected chi connectivity index (χ3v) is 5.35. The number of aryl methyl sites for hydroxylation is 1. The molecule has 0 spiro atoms. The summed E-state index contributed by atoms with van der Waals surface area (Å²) < 4.78 is 6.32. The van der Waals surface area contributed by atoms with Gasteiger partial charge in [-0.3, -0.25) is 9.69 Å². The maximum atomic E-state index is 13.2. The predicted molar refractivity (Wildman–Crippen MR) is 112 cm³/mol. The highest BCUT2D eigenvalue weighted by atomic mass is 32.1. The van der Waals surface area contributed by atoms with E-state index in [1.54, 1.807) is 12.0 Å². The topological polar surface area (TPSA) is 45.7 Å². The number of nitrogens with zero attached hydrogens (tertiary/aromatic N) is 3. The fraction of sp³-hybridized carbons (Fsp3) is 0.333. The highest BCUT2D eigenvalue weighted by Crippen LogP contribution is 2.32. The monoisotopic (exact) mass is 383 g/mol. The summed E-state index contributed by atoms with van der Waals surface area (Å²) in [5.41, 5.74) is 2.64. The van der Waals surface area contributed by atoms with Crippen molar-refractivity contribution in [1.29, 1.82) is 0 Å². The molecule has 0 atom stereocenters. The van der Waals surface area contributed by atoms with Crippen LogP contribution in [0.4, 0.5) is 5.13 Å². The molecule has 0 unspecified atom stereocenters. The van der Waals surface area contributed by atoms with Crippen LogP contribution >= 0.6 is 11.3 Å². The van der Waals surface area contributed by atoms with Crippen LogP contribution in [-0.4, -0.2) is 50.1 Å². The number of fused-ring (bicyclic) bond motifs is 1. The van der Waals surface area contributed by atoms with Gasteiger partial charge < -0.3 is 9.64 Å². The van der Waals surface area contributed by atoms with E-state index in [4.69, 9.17) is 9.72 Å². The van der Waals surface area contributed by atoms with E-state index in [1.165, 1.54) is 11.3 Å². The molecule has 0 aliphatic rings. The third-order valence-electron chi connectivity index (χ3n) is 4.31. The lowest BCUT2D eigenvalue weighted by atomic mass is 10.1. The molecule has 6 heteroatoms. The average Bonchev–Trinajstić information content (AvgIpc) is 3.07. The first-order valence-electron chi connectivity index (χ1n) is 8.96. The molecular formula is C21H25N3O2S. The van der Waals surface area contributed by atoms with Crippen LogP contribution in [0.2, 0.25) is 0 Å². The van der Waals surface area contributed by atoms with E-state index in [1.807, 2.05) is 63.5 Å². The molecule has 3 rings (SSSR count). The van der Waals surface area contributed by atoms with Gasteiger partial charge in [0.15, 0.2) is 5.13 Å². The lowest BCUT2D eigenvalue weighted by Crippen LogP contribution is -2.33. The first-order valence-corrected chi connectivity index (χ1v) is 9.77. The van der Waals surface area contributed by atoms with Crippen LogP contribution in [0.5, 0.6) is 5.75 Å². The zero-order valence-electron chi connectivity index (χ0n) is 16.2. The maximum absolute atomic E-state index is 13.2. The molecule has 5 nitrogen and oxygen atoms in total. The average molecular weight is 384 g/mol. The lowest BCUT2D eigenvalue weighted by molar-refractivity contribution is 0.0986. The molecule has 0 fully saturated rings. The Hall–Kier alpha value is -2.44. The fourth-order valence-electron chi connectivity index (χ4n) is 2.90. The Morgan fingerprint density at radius 3 is 2.67 bits per heavy atom. The Kier molecular flexibility index (Phi) is 6.08. The Morgan fingerprint density at radius 1 is 1.15 bits per heavy atom. The molecule has 0 saturated heterocycles. The van der Waals surface area contributed by atoms with Gasteiger partial charge in [0, 0.05) is 12.1 Å². The summed E-state index contributed by atoms with van der Waals surface area (Å²) in [7, 11) is 5.73. The maximum Gasteiger partial charge on any atom is 0.260 e. The number of hydrogen-bond acceptors (Lipinski definition) is 5. The normalized spacial score (nSPS) is 11.1. The van der Waals surface area contributed by atoms with Gasteiger partial charge in [0.1, 0.15) is 5.75 Å². The first kappa shape index (κ1) is 19.3. The van der Waals surface area contributed by atoms with Gasteiger partial charge >= 0.3 is 0 Å². The van der Waals surface area contributed by atoms with Crippen molar-refractivity contribution in [3.8, 4) is 5.75 Å². The number of amides is 1. The minimum atomic E-state index is -0.0107. The number of carbonyl (C=O) groups is 1. The van der Waals surface area contributed by atoms with Gasteiger partial charge in [-0.25, -0.2) is 4.98 Å². The number of ether oxygens (including phenoxy) is 1. The molecule has 1 heterocycles. The van der Waals surface area contributed by atoms with Crippen molar-refractivity contribution in [3.05, 3.63) is 53.6 Å². The van der Waals surface area contributed by atoms with Crippen LogP contribution in [-0.2, 0) is 0 Å². The van der Waals surface area contributed by atoms with Gasteiger partial charge in [0.25, 0.3) is 5.91 Å². The van der Waals surface area contributed by atoms with E-state index in [-0.39, 0.29) is 5.91 Å². The molecule has 0 radical (unpaired) electrons. The second-order valence-electron chi connectivity index (χ2n) is 6.81. The summed E-state index contributed by atoms with van der Waals surface area (Å²) in [4.78, 5) is 21.9. The molecule has 0 saturated carbocycles. The molecule has 0 aliphatic heterocycles. The van der Waals surface area contributed by atoms with Crippen molar-refractivity contribution < 1.29 is 9.53 Å². The smallest absolute Gasteiger partial charge is 0.260 e. The molecule has 1 amide bonds. The minimum absolute atomic E-state index is 0.0107. The second kappa shape index (κ2) is 8.50. The molecule has 3 aromatic rings. The number of carbonyl (C=O) groups excluding carboxylic acids is 1. The number of benzene rings is 2. The Bertz CT molecular complexity index is 936. The number of anilines is 1. The van der Waals surface area contributed by atoms with E-state index >= 15 is 0 Å². The largest absolute Gasteiger partial charge is 0.497 e. The van der Waals surface area contributed by atoms with Crippen molar-refractivity contribution in [2.24, 2.45) is 0 Å². The summed E-state index contributed by atoms with van der Waals surface area (Å²) >= 11 is 1.52. The van der Waals surface area contributed by atoms with Gasteiger partial charge in [-0.15, -0.1) is 0 Å². The molecule has 0 bridgehead atoms. The molecule has 0 aliphatic carbocycles. The standard InChI is InChI=1S/C21H25N3O2S/c1-15-7-5-8-16(13-15)20(25)24(12-6-11-23(2)3)21-22-18-10-9-17(26-4)14-19(18)27-21/h5,7-10,13-14H,6,11-12H2,1-4H3. The number of aromatic nitrogens is 1. The van der Waals surface area contributed by atoms with Crippen molar-refractivity contribution in [2.75, 3.05) is 39.2 Å². The summed E-state index contributed by atoms with van der Waals surface area (Å²) in [6.07, 6.45) is 0.879. The SMILES string of the molecule is COc1ccc2nc(N(CCCN(C)C)C(=O)c3cccc(C)c3)sc2c1. The Morgan fingerprint density at radius 2 is 1.96 bits per heavy atom. The zero-order chi connectivity index (χ0) is 19.4. The van der Waals surface area contributed by atoms with Gasteiger partial charge in [-0.1, -0.05) is 29.0 Å². The summed E-state index contributed by atoms with van der Waals surface area (Å²) in [5, 5.41) is 0.725. The summed E-state index contributed by atoms with van der Waals surface area (Å²) in [5.74, 6) is 0.783. The minimum Gasteiger partial charge on any atom is -0.497 e. The van der Waals surface area contributed by atoms with Crippen LogP contribution in [0.15, 0.2) is 42.5 Å². The third kappa shape index (κ3) is 4.64. The zero-order valence-corrected chi connectivity index (χ0v) is 17.0. The number of hydrogen-bond donors (Lipinski definition) is 0. The van der Waals surface area contributed by atoms with E-state index in [2.05, 4.69) is 4.90 Å².